The van der Waals surface area contributed by atoms with Crippen LogP contribution in [0.2, 0.25) is 0 Å². The van der Waals surface area contributed by atoms with E-state index in [1.807, 2.05) is 6.92 Å². The lowest BCUT2D eigenvalue weighted by Gasteiger charge is -2.05. The summed E-state index contributed by atoms with van der Waals surface area (Å²) >= 11 is 0. The van der Waals surface area contributed by atoms with Gasteiger partial charge in [0.1, 0.15) is 23.9 Å². The van der Waals surface area contributed by atoms with Crippen molar-refractivity contribution in [3.63, 3.8) is 0 Å². The number of nitrogens with one attached hydrogen (secondary N) is 1. The third-order valence-electron chi connectivity index (χ3n) is 4.06. The molecule has 1 N–H and O–H groups in total. The molecule has 31 heavy (non-hydrogen) atoms. The van der Waals surface area contributed by atoms with Crippen LogP contribution in [0.3, 0.4) is 0 Å². The second kappa shape index (κ2) is 10.6. The van der Waals surface area contributed by atoms with Gasteiger partial charge in [0.15, 0.2) is 5.75 Å². The van der Waals surface area contributed by atoms with Gasteiger partial charge in [-0.15, -0.1) is 0 Å². The summed E-state index contributed by atoms with van der Waals surface area (Å²) in [4.78, 5) is 22.6. The third-order valence-corrected chi connectivity index (χ3v) is 4.06. The molecule has 0 saturated heterocycles. The Kier molecular flexibility index (Phi) is 7.36. The lowest BCUT2D eigenvalue weighted by molar-refractivity contribution is -0.386. The zero-order chi connectivity index (χ0) is 22.1. The van der Waals surface area contributed by atoms with Crippen LogP contribution >= 0.6 is 0 Å². The van der Waals surface area contributed by atoms with E-state index in [2.05, 4.69) is 10.5 Å². The van der Waals surface area contributed by atoms with Crippen molar-refractivity contribution in [2.45, 2.75) is 20.0 Å². The number of nitrogens with zero attached hydrogens (tertiary/aromatic N) is 2. The Bertz CT molecular complexity index is 1060. The van der Waals surface area contributed by atoms with Gasteiger partial charge in [-0.1, -0.05) is 19.1 Å². The van der Waals surface area contributed by atoms with Gasteiger partial charge in [-0.25, -0.2) is 5.43 Å². The normalized spacial score (nSPS) is 10.7. The molecule has 2 aromatic carbocycles. The lowest BCUT2D eigenvalue weighted by Crippen LogP contribution is -2.17. The molecule has 3 aromatic rings. The fraction of sp³-hybridized carbons (Fsp3) is 0.182. The van der Waals surface area contributed by atoms with Gasteiger partial charge < -0.3 is 13.9 Å². The minimum absolute atomic E-state index is 0.0114. The number of amides is 1. The molecular formula is C22H21N3O6. The summed E-state index contributed by atoms with van der Waals surface area (Å²) in [6.07, 6.45) is 2.26. The van der Waals surface area contributed by atoms with Crippen LogP contribution in [0.5, 0.6) is 11.5 Å². The molecule has 1 aromatic heterocycles. The number of benzene rings is 2. The van der Waals surface area contributed by atoms with Crippen molar-refractivity contribution < 1.29 is 23.6 Å². The molecule has 1 heterocycles. The largest absolute Gasteiger partial charge is 0.494 e. The van der Waals surface area contributed by atoms with Crippen LogP contribution in [-0.2, 0) is 6.61 Å². The Morgan fingerprint density at radius 2 is 1.90 bits per heavy atom. The average Bonchev–Trinajstić information content (AvgIpc) is 3.24. The number of para-hydroxylation sites is 2. The Morgan fingerprint density at radius 3 is 2.65 bits per heavy atom. The average molecular weight is 423 g/mol. The van der Waals surface area contributed by atoms with E-state index in [9.17, 15) is 14.9 Å². The van der Waals surface area contributed by atoms with Crippen molar-refractivity contribution >= 4 is 17.8 Å². The van der Waals surface area contributed by atoms with E-state index in [4.69, 9.17) is 13.9 Å². The molecule has 0 atom stereocenters. The fourth-order valence-corrected chi connectivity index (χ4v) is 2.56. The molecule has 0 aliphatic heterocycles. The number of hydrazone groups is 1. The van der Waals surface area contributed by atoms with Crippen LogP contribution < -0.4 is 14.9 Å². The molecular weight excluding hydrogens is 402 g/mol. The van der Waals surface area contributed by atoms with Crippen molar-refractivity contribution in [3.05, 3.63) is 87.9 Å². The second-order valence-corrected chi connectivity index (χ2v) is 6.39. The van der Waals surface area contributed by atoms with Crippen LogP contribution in [0.4, 0.5) is 5.69 Å². The van der Waals surface area contributed by atoms with E-state index in [-0.39, 0.29) is 24.0 Å². The van der Waals surface area contributed by atoms with E-state index in [1.165, 1.54) is 18.3 Å². The maximum Gasteiger partial charge on any atom is 0.310 e. The van der Waals surface area contributed by atoms with Gasteiger partial charge in [-0.2, -0.15) is 5.10 Å². The number of hydrogen-bond donors (Lipinski definition) is 1. The number of carbonyl (C=O) groups excluding carboxylic acids is 1. The van der Waals surface area contributed by atoms with Gasteiger partial charge in [0.2, 0.25) is 0 Å². The number of ether oxygens (including phenoxy) is 2. The number of rotatable bonds is 10. The van der Waals surface area contributed by atoms with Crippen LogP contribution in [0.15, 0.2) is 70.2 Å². The molecule has 160 valence electrons. The van der Waals surface area contributed by atoms with Gasteiger partial charge in [-0.05, 0) is 48.9 Å². The van der Waals surface area contributed by atoms with Crippen LogP contribution in [0.25, 0.3) is 0 Å². The third kappa shape index (κ3) is 6.17. The SMILES string of the molecule is CCCOc1ccc(C(=O)N/N=C/c2ccc(COc3ccccc3[N+](=O)[O-])o2)cc1. The first kappa shape index (κ1) is 21.6. The molecule has 0 radical (unpaired) electrons. The number of nitro groups is 1. The zero-order valence-corrected chi connectivity index (χ0v) is 16.8. The highest BCUT2D eigenvalue weighted by Gasteiger charge is 2.14. The molecule has 3 rings (SSSR count). The number of hydrogen-bond acceptors (Lipinski definition) is 7. The van der Waals surface area contributed by atoms with E-state index >= 15 is 0 Å². The molecule has 0 saturated carbocycles. The van der Waals surface area contributed by atoms with Crippen LogP contribution in [0.1, 0.15) is 35.2 Å². The Balaban J connectivity index is 1.51. The zero-order valence-electron chi connectivity index (χ0n) is 16.8. The molecule has 0 fully saturated rings. The summed E-state index contributed by atoms with van der Waals surface area (Å²) in [5.74, 6) is 1.33. The Labute approximate surface area is 178 Å². The van der Waals surface area contributed by atoms with Crippen molar-refractivity contribution in [2.24, 2.45) is 5.10 Å². The van der Waals surface area contributed by atoms with Crippen LogP contribution in [-0.4, -0.2) is 23.7 Å². The predicted octanol–water partition coefficient (Wildman–Crippen LogP) is 4.32. The highest BCUT2D eigenvalue weighted by atomic mass is 16.6. The van der Waals surface area contributed by atoms with E-state index < -0.39 is 4.92 Å². The first-order valence-electron chi connectivity index (χ1n) is 9.58. The van der Waals surface area contributed by atoms with Crippen molar-refractivity contribution in [1.82, 2.24) is 5.43 Å². The number of furan rings is 1. The monoisotopic (exact) mass is 423 g/mol. The van der Waals surface area contributed by atoms with Gasteiger partial charge in [0.05, 0.1) is 17.7 Å². The molecule has 1 amide bonds. The van der Waals surface area contributed by atoms with Crippen LogP contribution in [0, 0.1) is 10.1 Å². The second-order valence-electron chi connectivity index (χ2n) is 6.39. The summed E-state index contributed by atoms with van der Waals surface area (Å²) < 4.78 is 16.5. The molecule has 0 aliphatic carbocycles. The molecule has 9 nitrogen and oxygen atoms in total. The van der Waals surface area contributed by atoms with E-state index in [1.54, 1.807) is 48.5 Å². The first-order valence-corrected chi connectivity index (χ1v) is 9.58. The highest BCUT2D eigenvalue weighted by Crippen LogP contribution is 2.26. The minimum Gasteiger partial charge on any atom is -0.494 e. The van der Waals surface area contributed by atoms with E-state index in [0.29, 0.717) is 29.4 Å². The molecule has 0 unspecified atom stereocenters. The predicted molar refractivity (Wildman–Crippen MR) is 113 cm³/mol. The summed E-state index contributed by atoms with van der Waals surface area (Å²) in [6, 6.07) is 16.2. The van der Waals surface area contributed by atoms with Gasteiger partial charge >= 0.3 is 5.69 Å². The lowest BCUT2D eigenvalue weighted by atomic mass is 10.2. The standard InChI is InChI=1S/C22H21N3O6/c1-2-13-29-17-9-7-16(8-10-17)22(26)24-23-14-18-11-12-19(31-18)15-30-21-6-4-3-5-20(21)25(27)28/h3-12,14H,2,13,15H2,1H3,(H,24,26)/b23-14+. The van der Waals surface area contributed by atoms with E-state index in [0.717, 1.165) is 6.42 Å². The number of carbonyl (C=O) groups is 1. The van der Waals surface area contributed by atoms with Crippen molar-refractivity contribution in [1.29, 1.82) is 0 Å². The fourth-order valence-electron chi connectivity index (χ4n) is 2.56. The molecule has 0 spiro atoms. The number of nitro benzene ring substituents is 1. The molecule has 0 aliphatic rings. The summed E-state index contributed by atoms with van der Waals surface area (Å²) in [7, 11) is 0. The summed E-state index contributed by atoms with van der Waals surface area (Å²) in [5.41, 5.74) is 2.74. The Hall–Kier alpha value is -4.14. The molecule has 9 heteroatoms. The smallest absolute Gasteiger partial charge is 0.310 e. The minimum atomic E-state index is -0.510. The highest BCUT2D eigenvalue weighted by molar-refractivity contribution is 5.94. The van der Waals surface area contributed by atoms with Gasteiger partial charge in [-0.3, -0.25) is 14.9 Å². The van der Waals surface area contributed by atoms with Gasteiger partial charge in [0.25, 0.3) is 5.91 Å². The van der Waals surface area contributed by atoms with Crippen molar-refractivity contribution in [2.75, 3.05) is 6.61 Å². The topological polar surface area (TPSA) is 116 Å². The maximum absolute atomic E-state index is 12.1. The quantitative estimate of drug-likeness (QED) is 0.295. The van der Waals surface area contributed by atoms with Gasteiger partial charge in [0, 0.05) is 11.6 Å². The van der Waals surface area contributed by atoms with Crippen molar-refractivity contribution in [3.8, 4) is 11.5 Å². The first-order chi connectivity index (χ1) is 15.1. The molecule has 0 bridgehead atoms. The Morgan fingerprint density at radius 1 is 1.13 bits per heavy atom. The summed E-state index contributed by atoms with van der Waals surface area (Å²) in [6.45, 7) is 2.65. The maximum atomic E-state index is 12.1. The summed E-state index contributed by atoms with van der Waals surface area (Å²) in [5, 5.41) is 14.9.